The van der Waals surface area contributed by atoms with E-state index in [-0.39, 0.29) is 6.10 Å². The van der Waals surface area contributed by atoms with Gasteiger partial charge < -0.3 is 5.11 Å². The number of ketones is 2. The van der Waals surface area contributed by atoms with Crippen molar-refractivity contribution in [2.75, 3.05) is 0 Å². The number of aliphatic hydroxyl groups excluding tert-OH is 1. The Hall–Kier alpha value is -2.26. The van der Waals surface area contributed by atoms with Crippen molar-refractivity contribution in [3.8, 4) is 0 Å². The molecule has 3 aliphatic rings. The van der Waals surface area contributed by atoms with E-state index in [4.69, 9.17) is 0 Å². The van der Waals surface area contributed by atoms with Crippen LogP contribution < -0.4 is 0 Å². The summed E-state index contributed by atoms with van der Waals surface area (Å²) in [4.78, 5) is 22.9. The van der Waals surface area contributed by atoms with Crippen molar-refractivity contribution in [3.63, 3.8) is 0 Å². The average molecular weight is 677 g/mol. The molecule has 1 N–H and O–H groups in total. The Morgan fingerprint density at radius 1 is 0.551 bits per heavy atom. The molecule has 3 rings (SSSR count). The highest BCUT2D eigenvalue weighted by Gasteiger charge is 2.24. The second-order valence-corrected chi connectivity index (χ2v) is 15.8. The lowest BCUT2D eigenvalue weighted by atomic mass is 9.99. The number of carbonyl (C=O) groups excluding carboxylic acids is 2. The van der Waals surface area contributed by atoms with Gasteiger partial charge in [-0.25, -0.2) is 0 Å². The van der Waals surface area contributed by atoms with E-state index in [0.717, 1.165) is 109 Å². The molecule has 3 heteroatoms. The molecule has 3 saturated carbocycles. The van der Waals surface area contributed by atoms with Crippen LogP contribution in [0.15, 0.2) is 69.9 Å². The Kier molecular flexibility index (Phi) is 24.2. The first kappa shape index (κ1) is 44.8. The van der Waals surface area contributed by atoms with Crippen LogP contribution in [0, 0.1) is 17.8 Å². The average Bonchev–Trinajstić information content (AvgIpc) is 3.78. The zero-order chi connectivity index (χ0) is 36.6. The SMILES string of the molecule is CC(C)=CCC/C(C)=C/CC1CCCC1=O.CC(C)=CCC/C(C)=C/CC1CCCC1O.CC/C(C)=C/CC/C(C)=C/CC1CCCC1=O. The number of allylic oxidation sites excluding steroid dienone is 12. The van der Waals surface area contributed by atoms with Crippen molar-refractivity contribution < 1.29 is 14.7 Å². The first-order chi connectivity index (χ1) is 23.3. The summed E-state index contributed by atoms with van der Waals surface area (Å²) < 4.78 is 0. The zero-order valence-electron chi connectivity index (χ0n) is 33.5. The minimum atomic E-state index is -0.0400. The molecule has 4 unspecified atom stereocenters. The predicted octanol–water partition coefficient (Wildman–Crippen LogP) is 13.5. The van der Waals surface area contributed by atoms with Gasteiger partial charge in [-0.1, -0.05) is 83.2 Å². The van der Waals surface area contributed by atoms with E-state index in [1.165, 1.54) is 46.3 Å². The molecule has 0 saturated heterocycles. The third-order valence-corrected chi connectivity index (χ3v) is 10.5. The number of Topliss-reactive ketones (excluding diaryl/α,β-unsaturated/α-hetero) is 2. The van der Waals surface area contributed by atoms with Crippen LogP contribution in [0.1, 0.15) is 184 Å². The number of carbonyl (C=O) groups is 2. The van der Waals surface area contributed by atoms with Crippen LogP contribution in [0.3, 0.4) is 0 Å². The van der Waals surface area contributed by atoms with Gasteiger partial charge in [-0.2, -0.15) is 0 Å². The maximum atomic E-state index is 11.5. The molecule has 0 aromatic rings. The first-order valence-electron chi connectivity index (χ1n) is 19.9. The van der Waals surface area contributed by atoms with Gasteiger partial charge in [-0.3, -0.25) is 9.59 Å². The third-order valence-electron chi connectivity index (χ3n) is 10.5. The second-order valence-electron chi connectivity index (χ2n) is 15.8. The van der Waals surface area contributed by atoms with Crippen LogP contribution in [0.5, 0.6) is 0 Å². The monoisotopic (exact) mass is 677 g/mol. The number of aliphatic hydroxyl groups is 1. The van der Waals surface area contributed by atoms with E-state index in [0.29, 0.717) is 29.3 Å². The van der Waals surface area contributed by atoms with Crippen LogP contribution in [0.25, 0.3) is 0 Å². The summed E-state index contributed by atoms with van der Waals surface area (Å²) in [6.07, 6.45) is 34.2. The number of hydrogen-bond acceptors (Lipinski definition) is 3. The largest absolute Gasteiger partial charge is 0.393 e. The number of rotatable bonds is 16. The molecule has 0 heterocycles. The summed E-state index contributed by atoms with van der Waals surface area (Å²) in [5, 5.41) is 9.71. The Balaban J connectivity index is 0.000000368. The van der Waals surface area contributed by atoms with Crippen LogP contribution in [-0.2, 0) is 9.59 Å². The van der Waals surface area contributed by atoms with Gasteiger partial charge in [0.15, 0.2) is 0 Å². The lowest BCUT2D eigenvalue weighted by Gasteiger charge is -2.11. The quantitative estimate of drug-likeness (QED) is 0.166. The van der Waals surface area contributed by atoms with Gasteiger partial charge in [-0.15, -0.1) is 0 Å². The van der Waals surface area contributed by atoms with Crippen molar-refractivity contribution in [2.24, 2.45) is 17.8 Å². The topological polar surface area (TPSA) is 54.4 Å². The van der Waals surface area contributed by atoms with E-state index in [1.54, 1.807) is 0 Å². The fourth-order valence-corrected chi connectivity index (χ4v) is 6.78. The fraction of sp³-hybridized carbons (Fsp3) is 0.696. The smallest absolute Gasteiger partial charge is 0.136 e. The summed E-state index contributed by atoms with van der Waals surface area (Å²) in [5.41, 5.74) is 8.60. The highest BCUT2D eigenvalue weighted by atomic mass is 16.3. The summed E-state index contributed by atoms with van der Waals surface area (Å²) in [6.45, 7) is 19.5. The molecule has 0 aromatic carbocycles. The van der Waals surface area contributed by atoms with Crippen molar-refractivity contribution in [2.45, 2.75) is 190 Å². The molecular formula is C46H76O3. The highest BCUT2D eigenvalue weighted by molar-refractivity contribution is 5.83. The summed E-state index contributed by atoms with van der Waals surface area (Å²) in [6, 6.07) is 0. The molecule has 0 aliphatic heterocycles. The highest BCUT2D eigenvalue weighted by Crippen LogP contribution is 2.29. The molecule has 3 fully saturated rings. The lowest BCUT2D eigenvalue weighted by Crippen LogP contribution is -2.11. The minimum absolute atomic E-state index is 0.0400. The molecule has 0 amide bonds. The maximum absolute atomic E-state index is 11.5. The van der Waals surface area contributed by atoms with E-state index in [9.17, 15) is 14.7 Å². The second kappa shape index (κ2) is 26.5. The van der Waals surface area contributed by atoms with Gasteiger partial charge in [0.25, 0.3) is 0 Å². The molecule has 3 aliphatic carbocycles. The zero-order valence-corrected chi connectivity index (χ0v) is 33.5. The van der Waals surface area contributed by atoms with Crippen molar-refractivity contribution in [1.82, 2.24) is 0 Å². The van der Waals surface area contributed by atoms with Gasteiger partial charge >= 0.3 is 0 Å². The Morgan fingerprint density at radius 2 is 0.980 bits per heavy atom. The van der Waals surface area contributed by atoms with Crippen LogP contribution in [-0.4, -0.2) is 22.8 Å². The van der Waals surface area contributed by atoms with Crippen LogP contribution >= 0.6 is 0 Å². The van der Waals surface area contributed by atoms with Gasteiger partial charge in [0.1, 0.15) is 11.6 Å². The van der Waals surface area contributed by atoms with Gasteiger partial charge in [0, 0.05) is 24.7 Å². The molecule has 49 heavy (non-hydrogen) atoms. The summed E-state index contributed by atoms with van der Waals surface area (Å²) in [7, 11) is 0. The van der Waals surface area contributed by atoms with E-state index in [1.807, 2.05) is 0 Å². The number of hydrogen-bond donors (Lipinski definition) is 1. The van der Waals surface area contributed by atoms with E-state index >= 15 is 0 Å². The fourth-order valence-electron chi connectivity index (χ4n) is 6.78. The van der Waals surface area contributed by atoms with Crippen LogP contribution in [0.2, 0.25) is 0 Å². The molecule has 0 bridgehead atoms. The Morgan fingerprint density at radius 3 is 1.33 bits per heavy atom. The van der Waals surface area contributed by atoms with Crippen molar-refractivity contribution in [3.05, 3.63) is 69.9 Å². The molecule has 278 valence electrons. The van der Waals surface area contributed by atoms with Crippen LogP contribution in [0.4, 0.5) is 0 Å². The molecule has 0 radical (unpaired) electrons. The summed E-state index contributed by atoms with van der Waals surface area (Å²) in [5.74, 6) is 2.15. The molecule has 0 spiro atoms. The molecule has 0 aromatic heterocycles. The summed E-state index contributed by atoms with van der Waals surface area (Å²) >= 11 is 0. The molecule has 3 nitrogen and oxygen atoms in total. The van der Waals surface area contributed by atoms with Gasteiger partial charge in [0.05, 0.1) is 6.10 Å². The lowest BCUT2D eigenvalue weighted by molar-refractivity contribution is -0.121. The van der Waals surface area contributed by atoms with E-state index in [2.05, 4.69) is 98.8 Å². The molecular weight excluding hydrogens is 601 g/mol. The minimum Gasteiger partial charge on any atom is -0.393 e. The van der Waals surface area contributed by atoms with E-state index < -0.39 is 0 Å². The predicted molar refractivity (Wildman–Crippen MR) is 214 cm³/mol. The van der Waals surface area contributed by atoms with Crippen molar-refractivity contribution in [1.29, 1.82) is 0 Å². The first-order valence-corrected chi connectivity index (χ1v) is 19.9. The third kappa shape index (κ3) is 22.2. The Labute approximate surface area is 303 Å². The Bertz CT molecular complexity index is 1150. The van der Waals surface area contributed by atoms with Crippen molar-refractivity contribution >= 4 is 11.6 Å². The van der Waals surface area contributed by atoms with Gasteiger partial charge in [-0.05, 0) is 164 Å². The van der Waals surface area contributed by atoms with Gasteiger partial charge in [0.2, 0.25) is 0 Å². The standard InChI is InChI=1S/C16H26O.C15H26O.C15H24O/c1-4-13(2)7-5-8-14(3)11-12-15-9-6-10-16(15)17;2*1-12(2)6-4-7-13(3)10-11-14-8-5-9-15(14)16/h7,11,15H,4-6,8-10,12H2,1-3H3;6,10,14-16H,4-5,7-9,11H2,1-3H3;6,10,14H,4-5,7-9,11H2,1-3H3/b13-7+,14-11+;2*13-10+. The molecule has 4 atom stereocenters. The maximum Gasteiger partial charge on any atom is 0.136 e. The normalized spacial score (nSPS) is 23.1.